The van der Waals surface area contributed by atoms with Crippen molar-refractivity contribution in [3.63, 3.8) is 0 Å². The van der Waals surface area contributed by atoms with Crippen molar-refractivity contribution in [3.05, 3.63) is 0 Å². The lowest BCUT2D eigenvalue weighted by atomic mass is 10.2. The number of amides is 1. The molecule has 2 unspecified atom stereocenters. The van der Waals surface area contributed by atoms with E-state index in [4.69, 9.17) is 10.8 Å². The Labute approximate surface area is 127 Å². The first-order valence-corrected chi connectivity index (χ1v) is 6.06. The Hall–Kier alpha value is -2.37. The van der Waals surface area contributed by atoms with E-state index in [0.29, 0.717) is 0 Å². The molecule has 0 saturated heterocycles. The highest BCUT2D eigenvalue weighted by Crippen LogP contribution is 2.14. The van der Waals surface area contributed by atoms with Gasteiger partial charge < -0.3 is 25.6 Å². The number of carbonyl (C=O) groups is 4. The molecule has 0 radical (unpaired) electrons. The number of carbonyl (C=O) groups excluding carboxylic acids is 3. The summed E-state index contributed by atoms with van der Waals surface area (Å²) in [5, 5.41) is 9.84. The molecule has 0 saturated carbocycles. The van der Waals surface area contributed by atoms with Crippen molar-refractivity contribution in [2.75, 3.05) is 6.61 Å². The zero-order valence-corrected chi connectivity index (χ0v) is 12.0. The minimum atomic E-state index is -5.29. The fraction of sp³-hybridized carbons (Fsp3) is 0.636. The van der Waals surface area contributed by atoms with E-state index >= 15 is 0 Å². The third kappa shape index (κ3) is 7.44. The van der Waals surface area contributed by atoms with E-state index < -0.39 is 54.8 Å². The van der Waals surface area contributed by atoms with Gasteiger partial charge in [-0.1, -0.05) is 0 Å². The first-order valence-electron chi connectivity index (χ1n) is 6.06. The summed E-state index contributed by atoms with van der Waals surface area (Å²) in [7, 11) is 0. The number of rotatable bonds is 7. The van der Waals surface area contributed by atoms with Gasteiger partial charge in [-0.15, -0.1) is 0 Å². The maximum Gasteiger partial charge on any atom is 0.471 e. The molecule has 132 valence electrons. The number of alkyl halides is 3. The number of carboxylic acids is 1. The maximum absolute atomic E-state index is 12.0. The van der Waals surface area contributed by atoms with E-state index in [-0.39, 0.29) is 0 Å². The van der Waals surface area contributed by atoms with E-state index in [1.165, 1.54) is 6.92 Å². The van der Waals surface area contributed by atoms with Crippen molar-refractivity contribution < 1.29 is 46.9 Å². The summed E-state index contributed by atoms with van der Waals surface area (Å²) in [6.45, 7) is 1.23. The van der Waals surface area contributed by atoms with Crippen LogP contribution in [0.25, 0.3) is 0 Å². The van der Waals surface area contributed by atoms with Crippen LogP contribution < -0.4 is 11.1 Å². The monoisotopic (exact) mass is 344 g/mol. The first-order chi connectivity index (χ1) is 10.4. The summed E-state index contributed by atoms with van der Waals surface area (Å²) in [5.74, 6) is -6.30. The fourth-order valence-corrected chi connectivity index (χ4v) is 1.20. The third-order valence-corrected chi connectivity index (χ3v) is 2.38. The number of carboxylic acid groups (broad SMARTS) is 1. The molecule has 4 N–H and O–H groups in total. The molecule has 23 heavy (non-hydrogen) atoms. The molecule has 0 aliphatic carbocycles. The topological polar surface area (TPSA) is 145 Å². The summed E-state index contributed by atoms with van der Waals surface area (Å²) >= 11 is 0. The molecule has 3 atom stereocenters. The van der Waals surface area contributed by atoms with E-state index in [2.05, 4.69) is 9.47 Å². The number of halogens is 3. The zero-order valence-electron chi connectivity index (χ0n) is 12.0. The molecule has 0 aliphatic rings. The van der Waals surface area contributed by atoms with Gasteiger partial charge in [0.1, 0.15) is 18.8 Å². The SMILES string of the molecule is CC(=O)OC(C)C(N)C(=O)OC[C@H](NC(=O)C(F)(F)F)C(=O)O. The highest BCUT2D eigenvalue weighted by atomic mass is 19.4. The van der Waals surface area contributed by atoms with Crippen molar-refractivity contribution in [1.82, 2.24) is 5.32 Å². The predicted molar refractivity (Wildman–Crippen MR) is 65.8 cm³/mol. The molecule has 9 nitrogen and oxygen atoms in total. The second-order valence-electron chi connectivity index (χ2n) is 4.33. The summed E-state index contributed by atoms with van der Waals surface area (Å²) in [6, 6.07) is -3.60. The summed E-state index contributed by atoms with van der Waals surface area (Å²) < 4.78 is 45.2. The maximum atomic E-state index is 12.0. The number of hydrogen-bond donors (Lipinski definition) is 3. The van der Waals surface area contributed by atoms with E-state index in [1.807, 2.05) is 0 Å². The Bertz CT molecular complexity index is 481. The van der Waals surface area contributed by atoms with Crippen LogP contribution >= 0.6 is 0 Å². The van der Waals surface area contributed by atoms with Gasteiger partial charge >= 0.3 is 30.0 Å². The average Bonchev–Trinajstić information content (AvgIpc) is 2.39. The molecule has 0 spiro atoms. The standard InChI is InChI=1S/C11H15F3N2O7/c1-4(23-5(2)17)7(15)9(20)22-3-6(8(18)19)16-10(21)11(12,13)14/h4,6-7H,3,15H2,1-2H3,(H,16,21)(H,18,19)/t4?,6-,7?/m0/s1. The van der Waals surface area contributed by atoms with E-state index in [1.54, 1.807) is 0 Å². The Morgan fingerprint density at radius 2 is 1.78 bits per heavy atom. The van der Waals surface area contributed by atoms with Crippen molar-refractivity contribution in [2.24, 2.45) is 5.73 Å². The van der Waals surface area contributed by atoms with E-state index in [0.717, 1.165) is 12.2 Å². The van der Waals surface area contributed by atoms with Crippen molar-refractivity contribution in [2.45, 2.75) is 38.2 Å². The molecule has 12 heteroatoms. The van der Waals surface area contributed by atoms with Crippen LogP contribution in [0.3, 0.4) is 0 Å². The molecular weight excluding hydrogens is 329 g/mol. The number of esters is 2. The molecule has 1 amide bonds. The van der Waals surface area contributed by atoms with Crippen LogP contribution in [-0.2, 0) is 28.7 Å². The van der Waals surface area contributed by atoms with E-state index in [9.17, 15) is 32.3 Å². The van der Waals surface area contributed by atoms with Gasteiger partial charge in [-0.3, -0.25) is 14.4 Å². The molecule has 0 fully saturated rings. The Balaban J connectivity index is 4.64. The lowest BCUT2D eigenvalue weighted by molar-refractivity contribution is -0.176. The van der Waals surface area contributed by atoms with Gasteiger partial charge in [-0.25, -0.2) is 4.79 Å². The van der Waals surface area contributed by atoms with Gasteiger partial charge in [-0.2, -0.15) is 13.2 Å². The van der Waals surface area contributed by atoms with Crippen LogP contribution in [0.1, 0.15) is 13.8 Å². The van der Waals surface area contributed by atoms with Gasteiger partial charge in [0.05, 0.1) is 0 Å². The second-order valence-corrected chi connectivity index (χ2v) is 4.33. The van der Waals surface area contributed by atoms with Gasteiger partial charge in [0.2, 0.25) is 0 Å². The lowest BCUT2D eigenvalue weighted by Crippen LogP contribution is -2.50. The number of nitrogens with one attached hydrogen (secondary N) is 1. The molecule has 0 rings (SSSR count). The molecular formula is C11H15F3N2O7. The number of ether oxygens (including phenoxy) is 2. The molecule has 0 bridgehead atoms. The van der Waals surface area contributed by atoms with Crippen LogP contribution in [-0.4, -0.2) is 59.9 Å². The van der Waals surface area contributed by atoms with Crippen LogP contribution in [0.5, 0.6) is 0 Å². The minimum absolute atomic E-state index is 0.735. The highest BCUT2D eigenvalue weighted by Gasteiger charge is 2.41. The minimum Gasteiger partial charge on any atom is -0.480 e. The van der Waals surface area contributed by atoms with Crippen LogP contribution in [0.2, 0.25) is 0 Å². The quantitative estimate of drug-likeness (QED) is 0.496. The predicted octanol–water partition coefficient (Wildman–Crippen LogP) is -1.06. The van der Waals surface area contributed by atoms with Crippen molar-refractivity contribution in [3.8, 4) is 0 Å². The molecule has 0 aromatic heterocycles. The van der Waals surface area contributed by atoms with Crippen molar-refractivity contribution in [1.29, 1.82) is 0 Å². The smallest absolute Gasteiger partial charge is 0.471 e. The third-order valence-electron chi connectivity index (χ3n) is 2.38. The van der Waals surface area contributed by atoms with Gasteiger partial charge in [0, 0.05) is 6.92 Å². The average molecular weight is 344 g/mol. The first kappa shape index (κ1) is 20.6. The Morgan fingerprint density at radius 3 is 2.17 bits per heavy atom. The summed E-state index contributed by atoms with van der Waals surface area (Å²) in [4.78, 5) is 43.6. The lowest BCUT2D eigenvalue weighted by Gasteiger charge is -2.20. The second kappa shape index (κ2) is 8.31. The van der Waals surface area contributed by atoms with Gasteiger partial charge in [0.15, 0.2) is 6.04 Å². The Kier molecular flexibility index (Phi) is 7.46. The highest BCUT2D eigenvalue weighted by molar-refractivity contribution is 5.87. The zero-order chi connectivity index (χ0) is 18.4. The molecule has 0 aromatic carbocycles. The van der Waals surface area contributed by atoms with Crippen LogP contribution in [0.15, 0.2) is 0 Å². The van der Waals surface area contributed by atoms with Gasteiger partial charge in [0.25, 0.3) is 0 Å². The van der Waals surface area contributed by atoms with Gasteiger partial charge in [-0.05, 0) is 6.92 Å². The molecule has 0 aliphatic heterocycles. The molecule has 0 aromatic rings. The van der Waals surface area contributed by atoms with Crippen LogP contribution in [0, 0.1) is 0 Å². The number of hydrogen-bond acceptors (Lipinski definition) is 7. The van der Waals surface area contributed by atoms with Crippen LogP contribution in [0.4, 0.5) is 13.2 Å². The molecule has 0 heterocycles. The fourth-order valence-electron chi connectivity index (χ4n) is 1.20. The summed E-state index contributed by atoms with van der Waals surface area (Å²) in [6.07, 6.45) is -6.40. The number of nitrogens with two attached hydrogens (primary N) is 1. The van der Waals surface area contributed by atoms with Crippen molar-refractivity contribution >= 4 is 23.8 Å². The Morgan fingerprint density at radius 1 is 1.26 bits per heavy atom. The number of aliphatic carboxylic acids is 1. The largest absolute Gasteiger partial charge is 0.480 e. The normalized spacial score (nSPS) is 15.0. The summed E-state index contributed by atoms with van der Waals surface area (Å²) in [5.41, 5.74) is 5.38.